The van der Waals surface area contributed by atoms with Crippen LogP contribution in [0.1, 0.15) is 27.2 Å². The van der Waals surface area contributed by atoms with Crippen LogP contribution in [-0.2, 0) is 4.74 Å². The second-order valence-corrected chi connectivity index (χ2v) is 6.37. The predicted octanol–water partition coefficient (Wildman–Crippen LogP) is 4.04. The van der Waals surface area contributed by atoms with E-state index in [1.54, 1.807) is 6.20 Å². The highest BCUT2D eigenvalue weighted by Crippen LogP contribution is 2.20. The number of aromatic nitrogens is 1. The van der Waals surface area contributed by atoms with Crippen molar-refractivity contribution in [3.05, 3.63) is 48.7 Å². The van der Waals surface area contributed by atoms with Gasteiger partial charge in [0.1, 0.15) is 11.4 Å². The van der Waals surface area contributed by atoms with Crippen LogP contribution in [0.5, 0.6) is 5.75 Å². The molecule has 5 nitrogen and oxygen atoms in total. The Kier molecular flexibility index (Phi) is 6.18. The Labute approximate surface area is 143 Å². The summed E-state index contributed by atoms with van der Waals surface area (Å²) in [4.78, 5) is 15.8. The molecule has 1 aromatic carbocycles. The smallest absolute Gasteiger partial charge is 0.407 e. The van der Waals surface area contributed by atoms with E-state index in [-0.39, 0.29) is 0 Å². The van der Waals surface area contributed by atoms with Gasteiger partial charge in [0.2, 0.25) is 0 Å². The van der Waals surface area contributed by atoms with Gasteiger partial charge in [-0.15, -0.1) is 0 Å². The number of nitrogens with zero attached hydrogens (tertiary/aromatic N) is 1. The highest BCUT2D eigenvalue weighted by Gasteiger charge is 2.15. The van der Waals surface area contributed by atoms with Gasteiger partial charge >= 0.3 is 6.09 Å². The highest BCUT2D eigenvalue weighted by atomic mass is 16.6. The van der Waals surface area contributed by atoms with Crippen LogP contribution in [0.3, 0.4) is 0 Å². The molecule has 2 aromatic rings. The number of ether oxygens (including phenoxy) is 2. The van der Waals surface area contributed by atoms with E-state index in [9.17, 15) is 4.79 Å². The summed E-state index contributed by atoms with van der Waals surface area (Å²) in [6, 6.07) is 13.6. The van der Waals surface area contributed by atoms with E-state index in [1.807, 2.05) is 63.2 Å². The van der Waals surface area contributed by atoms with Crippen molar-refractivity contribution in [2.75, 3.05) is 13.2 Å². The molecule has 1 aromatic heterocycles. The fourth-order valence-electron chi connectivity index (χ4n) is 2.02. The summed E-state index contributed by atoms with van der Waals surface area (Å²) < 4.78 is 10.8. The standard InChI is InChI=1S/C19H24N2O3/c1-19(2,3)24-18(22)21-13-6-14-23-16-10-8-15(9-11-16)17-7-4-5-12-20-17/h4-5,7-12H,6,13-14H2,1-3H3,(H,21,22). The van der Waals surface area contributed by atoms with Crippen molar-refractivity contribution in [2.45, 2.75) is 32.8 Å². The summed E-state index contributed by atoms with van der Waals surface area (Å²) in [5.41, 5.74) is 1.51. The third-order valence-electron chi connectivity index (χ3n) is 3.07. The first-order valence-electron chi connectivity index (χ1n) is 8.05. The Morgan fingerprint density at radius 2 is 1.88 bits per heavy atom. The zero-order valence-electron chi connectivity index (χ0n) is 14.4. The first-order valence-corrected chi connectivity index (χ1v) is 8.05. The van der Waals surface area contributed by atoms with Crippen LogP contribution >= 0.6 is 0 Å². The lowest BCUT2D eigenvalue weighted by molar-refractivity contribution is 0.0525. The number of hydrogen-bond acceptors (Lipinski definition) is 4. The van der Waals surface area contributed by atoms with Crippen LogP contribution in [0.4, 0.5) is 4.79 Å². The Morgan fingerprint density at radius 1 is 1.12 bits per heavy atom. The van der Waals surface area contributed by atoms with Gasteiger partial charge in [-0.05, 0) is 63.6 Å². The van der Waals surface area contributed by atoms with Gasteiger partial charge in [-0.1, -0.05) is 6.07 Å². The molecule has 0 unspecified atom stereocenters. The first kappa shape index (κ1) is 17.8. The second-order valence-electron chi connectivity index (χ2n) is 6.37. The van der Waals surface area contributed by atoms with Crippen LogP contribution in [-0.4, -0.2) is 29.8 Å². The van der Waals surface area contributed by atoms with Crippen molar-refractivity contribution >= 4 is 6.09 Å². The van der Waals surface area contributed by atoms with Gasteiger partial charge in [-0.25, -0.2) is 4.79 Å². The van der Waals surface area contributed by atoms with Gasteiger partial charge in [0.05, 0.1) is 12.3 Å². The highest BCUT2D eigenvalue weighted by molar-refractivity contribution is 5.67. The van der Waals surface area contributed by atoms with Crippen molar-refractivity contribution in [2.24, 2.45) is 0 Å². The topological polar surface area (TPSA) is 60.5 Å². The average molecular weight is 328 g/mol. The molecule has 0 saturated heterocycles. The van der Waals surface area contributed by atoms with E-state index < -0.39 is 11.7 Å². The molecule has 1 amide bonds. The summed E-state index contributed by atoms with van der Waals surface area (Å²) in [6.45, 7) is 6.55. The zero-order chi connectivity index (χ0) is 17.4. The lowest BCUT2D eigenvalue weighted by Gasteiger charge is -2.19. The minimum Gasteiger partial charge on any atom is -0.494 e. The number of pyridine rings is 1. The van der Waals surface area contributed by atoms with E-state index in [4.69, 9.17) is 9.47 Å². The van der Waals surface area contributed by atoms with Crippen LogP contribution in [0.2, 0.25) is 0 Å². The molecule has 0 aliphatic carbocycles. The maximum atomic E-state index is 11.5. The van der Waals surface area contributed by atoms with Gasteiger partial charge < -0.3 is 14.8 Å². The molecule has 0 aliphatic rings. The molecule has 1 heterocycles. The second kappa shape index (κ2) is 8.34. The predicted molar refractivity (Wildman–Crippen MR) is 94.0 cm³/mol. The third-order valence-corrected chi connectivity index (χ3v) is 3.07. The van der Waals surface area contributed by atoms with Crippen LogP contribution < -0.4 is 10.1 Å². The number of carbonyl (C=O) groups is 1. The zero-order valence-corrected chi connectivity index (χ0v) is 14.4. The molecule has 128 valence electrons. The van der Waals surface area contributed by atoms with Gasteiger partial charge in [-0.2, -0.15) is 0 Å². The molecule has 0 saturated carbocycles. The van der Waals surface area contributed by atoms with Crippen LogP contribution in [0.25, 0.3) is 11.3 Å². The first-order chi connectivity index (χ1) is 11.4. The van der Waals surface area contributed by atoms with E-state index in [0.29, 0.717) is 19.6 Å². The maximum absolute atomic E-state index is 11.5. The molecule has 0 bridgehead atoms. The maximum Gasteiger partial charge on any atom is 0.407 e. The minimum absolute atomic E-state index is 0.401. The van der Waals surface area contributed by atoms with Crippen molar-refractivity contribution in [3.63, 3.8) is 0 Å². The molecular weight excluding hydrogens is 304 g/mol. The molecule has 0 spiro atoms. The molecule has 0 aliphatic heterocycles. The Hall–Kier alpha value is -2.56. The normalized spacial score (nSPS) is 11.0. The minimum atomic E-state index is -0.476. The molecule has 2 rings (SSSR count). The lowest BCUT2D eigenvalue weighted by Crippen LogP contribution is -2.33. The molecule has 0 radical (unpaired) electrons. The number of benzene rings is 1. The van der Waals surface area contributed by atoms with Crippen molar-refractivity contribution < 1.29 is 14.3 Å². The molecule has 24 heavy (non-hydrogen) atoms. The van der Waals surface area contributed by atoms with Gasteiger partial charge in [0.25, 0.3) is 0 Å². The summed E-state index contributed by atoms with van der Waals surface area (Å²) >= 11 is 0. The van der Waals surface area contributed by atoms with Crippen molar-refractivity contribution in [1.29, 1.82) is 0 Å². The van der Waals surface area contributed by atoms with Crippen molar-refractivity contribution in [3.8, 4) is 17.0 Å². The van der Waals surface area contributed by atoms with Gasteiger partial charge in [0.15, 0.2) is 0 Å². The summed E-state index contributed by atoms with van der Waals surface area (Å²) in [5, 5.41) is 2.71. The SMILES string of the molecule is CC(C)(C)OC(=O)NCCCOc1ccc(-c2ccccn2)cc1. The molecule has 0 atom stereocenters. The van der Waals surface area contributed by atoms with Gasteiger partial charge in [0, 0.05) is 18.3 Å². The fourth-order valence-corrected chi connectivity index (χ4v) is 2.02. The molecule has 5 heteroatoms. The largest absolute Gasteiger partial charge is 0.494 e. The monoisotopic (exact) mass is 328 g/mol. The summed E-state index contributed by atoms with van der Waals surface area (Å²) in [7, 11) is 0. The average Bonchev–Trinajstić information content (AvgIpc) is 2.54. The summed E-state index contributed by atoms with van der Waals surface area (Å²) in [5.74, 6) is 0.798. The number of hydrogen-bond donors (Lipinski definition) is 1. The van der Waals surface area contributed by atoms with Gasteiger partial charge in [-0.3, -0.25) is 4.98 Å². The van der Waals surface area contributed by atoms with E-state index >= 15 is 0 Å². The molecular formula is C19H24N2O3. The number of amides is 1. The number of rotatable bonds is 6. The fraction of sp³-hybridized carbons (Fsp3) is 0.368. The Balaban J connectivity index is 1.69. The third kappa shape index (κ3) is 6.28. The quantitative estimate of drug-likeness (QED) is 0.813. The van der Waals surface area contributed by atoms with Crippen LogP contribution in [0.15, 0.2) is 48.7 Å². The van der Waals surface area contributed by atoms with Crippen LogP contribution in [0, 0.1) is 0 Å². The summed E-state index contributed by atoms with van der Waals surface area (Å²) in [6.07, 6.45) is 2.08. The number of alkyl carbamates (subject to hydrolysis) is 1. The lowest BCUT2D eigenvalue weighted by atomic mass is 10.1. The van der Waals surface area contributed by atoms with E-state index in [1.165, 1.54) is 0 Å². The Bertz CT molecular complexity index is 634. The molecule has 0 fully saturated rings. The van der Waals surface area contributed by atoms with E-state index in [0.717, 1.165) is 17.0 Å². The number of carbonyl (C=O) groups excluding carboxylic acids is 1. The number of nitrogens with one attached hydrogen (secondary N) is 1. The van der Waals surface area contributed by atoms with Crippen molar-refractivity contribution in [1.82, 2.24) is 10.3 Å². The molecule has 1 N–H and O–H groups in total. The Morgan fingerprint density at radius 3 is 2.50 bits per heavy atom. The van der Waals surface area contributed by atoms with E-state index in [2.05, 4.69) is 10.3 Å².